The lowest BCUT2D eigenvalue weighted by Gasteiger charge is -2.18. The Morgan fingerprint density at radius 3 is 0.633 bits per heavy atom. The van der Waals surface area contributed by atoms with Crippen LogP contribution in [0.3, 0.4) is 0 Å². The number of esters is 3. The first kappa shape index (κ1) is 77.2. The fraction of sp³-hybridized carbons (Fsp3) is 0.932. The Bertz CT molecular complexity index is 1230. The summed E-state index contributed by atoms with van der Waals surface area (Å²) in [6.45, 7) is 6.66. The molecule has 79 heavy (non-hydrogen) atoms. The number of carbonyl (C=O) groups is 3. The second-order valence-corrected chi connectivity index (χ2v) is 24.9. The molecule has 0 aromatic rings. The molecule has 1 atom stereocenters. The molecule has 0 heterocycles. The number of hydrogen-bond donors (Lipinski definition) is 0. The average molecular weight is 1110 g/mol. The van der Waals surface area contributed by atoms with Crippen LogP contribution >= 0.6 is 0 Å². The van der Waals surface area contributed by atoms with Gasteiger partial charge < -0.3 is 14.2 Å². The molecule has 468 valence electrons. The predicted octanol–water partition coefficient (Wildman–Crippen LogP) is 24.8. The highest BCUT2D eigenvalue weighted by Crippen LogP contribution is 2.19. The lowest BCUT2D eigenvalue weighted by molar-refractivity contribution is -0.167. The van der Waals surface area contributed by atoms with E-state index in [2.05, 4.69) is 32.9 Å². The first-order valence-electron chi connectivity index (χ1n) is 36.2. The molecule has 0 aromatic heterocycles. The summed E-state index contributed by atoms with van der Waals surface area (Å²) in [5.41, 5.74) is 0. The van der Waals surface area contributed by atoms with Crippen molar-refractivity contribution in [2.75, 3.05) is 13.2 Å². The van der Waals surface area contributed by atoms with Crippen LogP contribution in [0.2, 0.25) is 0 Å². The zero-order valence-electron chi connectivity index (χ0n) is 53.9. The van der Waals surface area contributed by atoms with Crippen molar-refractivity contribution in [3.8, 4) is 0 Å². The van der Waals surface area contributed by atoms with E-state index in [1.54, 1.807) is 0 Å². The van der Waals surface area contributed by atoms with Crippen molar-refractivity contribution in [3.63, 3.8) is 0 Å². The zero-order valence-corrected chi connectivity index (χ0v) is 53.9. The predicted molar refractivity (Wildman–Crippen MR) is 344 cm³/mol. The van der Waals surface area contributed by atoms with E-state index < -0.39 is 6.10 Å². The van der Waals surface area contributed by atoms with Crippen molar-refractivity contribution < 1.29 is 28.6 Å². The number of rotatable bonds is 68. The number of carbonyl (C=O) groups excluding carboxylic acids is 3. The fourth-order valence-electron chi connectivity index (χ4n) is 11.3. The highest BCUT2D eigenvalue weighted by Gasteiger charge is 2.19. The number of allylic oxidation sites excluding steroid dienone is 2. The minimum atomic E-state index is -0.764. The second-order valence-electron chi connectivity index (χ2n) is 24.9. The van der Waals surface area contributed by atoms with Gasteiger partial charge in [0.25, 0.3) is 0 Å². The van der Waals surface area contributed by atoms with Crippen LogP contribution in [0.25, 0.3) is 0 Å². The molecule has 0 rings (SSSR count). The van der Waals surface area contributed by atoms with Gasteiger partial charge in [-0.15, -0.1) is 0 Å². The third-order valence-electron chi connectivity index (χ3n) is 16.8. The van der Waals surface area contributed by atoms with Gasteiger partial charge in [-0.1, -0.05) is 367 Å². The highest BCUT2D eigenvalue weighted by molar-refractivity contribution is 5.71. The van der Waals surface area contributed by atoms with Gasteiger partial charge in [-0.25, -0.2) is 0 Å². The molecule has 0 saturated carbocycles. The van der Waals surface area contributed by atoms with Gasteiger partial charge in [0.2, 0.25) is 0 Å². The van der Waals surface area contributed by atoms with Gasteiger partial charge in [0.15, 0.2) is 6.10 Å². The Morgan fingerprint density at radius 2 is 0.418 bits per heavy atom. The normalized spacial score (nSPS) is 12.0. The maximum absolute atomic E-state index is 12.9. The molecule has 6 heteroatoms. The van der Waals surface area contributed by atoms with Gasteiger partial charge in [-0.05, 0) is 44.9 Å². The molecular formula is C73H140O6. The molecule has 6 nitrogen and oxygen atoms in total. The van der Waals surface area contributed by atoms with Gasteiger partial charge in [0, 0.05) is 19.3 Å². The summed E-state index contributed by atoms with van der Waals surface area (Å²) in [7, 11) is 0. The summed E-state index contributed by atoms with van der Waals surface area (Å²) in [4.78, 5) is 38.1. The van der Waals surface area contributed by atoms with Crippen LogP contribution in [0.4, 0.5) is 0 Å². The van der Waals surface area contributed by atoms with E-state index in [0.717, 1.165) is 57.8 Å². The molecule has 0 bridgehead atoms. The fourth-order valence-corrected chi connectivity index (χ4v) is 11.3. The van der Waals surface area contributed by atoms with Crippen LogP contribution in [0.5, 0.6) is 0 Å². The van der Waals surface area contributed by atoms with Crippen molar-refractivity contribution in [2.24, 2.45) is 0 Å². The maximum atomic E-state index is 12.9. The molecule has 0 spiro atoms. The van der Waals surface area contributed by atoms with Crippen LogP contribution in [-0.4, -0.2) is 37.2 Å². The average Bonchev–Trinajstić information content (AvgIpc) is 3.45. The summed E-state index contributed by atoms with van der Waals surface area (Å²) >= 11 is 0. The van der Waals surface area contributed by atoms with Crippen LogP contribution in [-0.2, 0) is 28.6 Å². The van der Waals surface area contributed by atoms with Crippen molar-refractivity contribution >= 4 is 17.9 Å². The Morgan fingerprint density at radius 1 is 0.241 bits per heavy atom. The second kappa shape index (κ2) is 68.6. The summed E-state index contributed by atoms with van der Waals surface area (Å²) in [6, 6.07) is 0. The summed E-state index contributed by atoms with van der Waals surface area (Å²) in [5.74, 6) is -0.843. The Labute approximate surface area is 494 Å². The van der Waals surface area contributed by atoms with Gasteiger partial charge >= 0.3 is 17.9 Å². The summed E-state index contributed by atoms with van der Waals surface area (Å²) in [5, 5.41) is 0. The topological polar surface area (TPSA) is 78.9 Å². The largest absolute Gasteiger partial charge is 0.462 e. The minimum Gasteiger partial charge on any atom is -0.462 e. The molecule has 0 aliphatic rings. The lowest BCUT2D eigenvalue weighted by atomic mass is 10.0. The van der Waals surface area contributed by atoms with Gasteiger partial charge in [-0.3, -0.25) is 14.4 Å². The summed E-state index contributed by atoms with van der Waals surface area (Å²) < 4.78 is 16.9. The van der Waals surface area contributed by atoms with E-state index in [0.29, 0.717) is 19.3 Å². The Kier molecular flexibility index (Phi) is 67.0. The SMILES string of the molecule is CCCCCCCCCC/C=C\CCCCCCCCCCCCCCCC(=O)OC(COC(=O)CCCCCCCC)COC(=O)CCCCCCCCCCCCCCCCCCCCCCCCCCCCCCCC. The molecule has 0 N–H and O–H groups in total. The molecule has 0 fully saturated rings. The minimum absolute atomic E-state index is 0.0640. The van der Waals surface area contributed by atoms with Crippen molar-refractivity contribution in [3.05, 3.63) is 12.2 Å². The van der Waals surface area contributed by atoms with E-state index in [4.69, 9.17) is 14.2 Å². The van der Waals surface area contributed by atoms with Crippen LogP contribution in [0.15, 0.2) is 12.2 Å². The quantitative estimate of drug-likeness (QED) is 0.0261. The van der Waals surface area contributed by atoms with E-state index >= 15 is 0 Å². The highest BCUT2D eigenvalue weighted by atomic mass is 16.6. The first-order chi connectivity index (χ1) is 39.0. The molecule has 0 aliphatic carbocycles. The van der Waals surface area contributed by atoms with Gasteiger partial charge in [0.05, 0.1) is 0 Å². The van der Waals surface area contributed by atoms with Crippen LogP contribution in [0, 0.1) is 0 Å². The number of hydrogen-bond acceptors (Lipinski definition) is 6. The third kappa shape index (κ3) is 66.8. The standard InChI is InChI=1S/C73H140O6/c1-4-7-10-13-16-18-20-22-24-26-28-30-32-34-35-36-37-38-40-41-43-45-47-49-51-53-55-57-60-63-66-72(75)78-69-70(68-77-71(74)65-62-59-15-12-9-6-3)79-73(76)67-64-61-58-56-54-52-50-48-46-44-42-39-33-31-29-27-25-23-21-19-17-14-11-8-5-2/h27,29,70H,4-26,28,30-69H2,1-3H3/b29-27-. The number of unbranched alkanes of at least 4 members (excludes halogenated alkanes) is 55. The molecular weight excluding hydrogens is 973 g/mol. The third-order valence-corrected chi connectivity index (χ3v) is 16.8. The zero-order chi connectivity index (χ0) is 57.1. The van der Waals surface area contributed by atoms with Crippen molar-refractivity contribution in [1.82, 2.24) is 0 Å². The maximum Gasteiger partial charge on any atom is 0.306 e. The monoisotopic (exact) mass is 1110 g/mol. The van der Waals surface area contributed by atoms with E-state index in [1.807, 2.05) is 0 Å². The van der Waals surface area contributed by atoms with Crippen LogP contribution < -0.4 is 0 Å². The van der Waals surface area contributed by atoms with Gasteiger partial charge in [0.1, 0.15) is 13.2 Å². The van der Waals surface area contributed by atoms with E-state index in [-0.39, 0.29) is 31.1 Å². The van der Waals surface area contributed by atoms with Crippen molar-refractivity contribution in [2.45, 2.75) is 425 Å². The summed E-state index contributed by atoms with van der Waals surface area (Å²) in [6.07, 6.45) is 83.0. The first-order valence-corrected chi connectivity index (χ1v) is 36.2. The van der Waals surface area contributed by atoms with Crippen LogP contribution in [0.1, 0.15) is 419 Å². The molecule has 1 unspecified atom stereocenters. The number of ether oxygens (including phenoxy) is 3. The molecule has 0 radical (unpaired) electrons. The molecule has 0 aromatic carbocycles. The smallest absolute Gasteiger partial charge is 0.306 e. The molecule has 0 aliphatic heterocycles. The molecule has 0 saturated heterocycles. The van der Waals surface area contributed by atoms with Crippen molar-refractivity contribution in [1.29, 1.82) is 0 Å². The molecule has 0 amide bonds. The van der Waals surface area contributed by atoms with E-state index in [9.17, 15) is 14.4 Å². The Balaban J connectivity index is 3.94. The van der Waals surface area contributed by atoms with Gasteiger partial charge in [-0.2, -0.15) is 0 Å². The Hall–Kier alpha value is -1.85. The lowest BCUT2D eigenvalue weighted by Crippen LogP contribution is -2.30. The van der Waals surface area contributed by atoms with E-state index in [1.165, 1.54) is 321 Å².